The number of likely N-dealkylation sites (tertiary alicyclic amines) is 1. The molecule has 2 fully saturated rings. The lowest BCUT2D eigenvalue weighted by Gasteiger charge is -2.31. The van der Waals surface area contributed by atoms with Gasteiger partial charge in [-0.15, -0.1) is 0 Å². The number of piperidine rings is 1. The smallest absolute Gasteiger partial charge is 0.225 e. The molecule has 5 heteroatoms. The molecule has 1 unspecified atom stereocenters. The van der Waals surface area contributed by atoms with Gasteiger partial charge in [0.25, 0.3) is 0 Å². The number of amides is 2. The molecule has 1 atom stereocenters. The fourth-order valence-electron chi connectivity index (χ4n) is 2.97. The Kier molecular flexibility index (Phi) is 6.03. The van der Waals surface area contributed by atoms with E-state index in [-0.39, 0.29) is 24.3 Å². The van der Waals surface area contributed by atoms with Crippen LogP contribution >= 0.6 is 0 Å². The van der Waals surface area contributed by atoms with E-state index in [0.29, 0.717) is 18.4 Å². The van der Waals surface area contributed by atoms with Crippen LogP contribution in [0.2, 0.25) is 0 Å². The maximum absolute atomic E-state index is 12.2. The van der Waals surface area contributed by atoms with Gasteiger partial charge in [-0.25, -0.2) is 0 Å². The van der Waals surface area contributed by atoms with Gasteiger partial charge in [-0.2, -0.15) is 0 Å². The summed E-state index contributed by atoms with van der Waals surface area (Å²) in [4.78, 5) is 26.1. The largest absolute Gasteiger partial charge is 0.396 e. The van der Waals surface area contributed by atoms with E-state index in [1.54, 1.807) is 0 Å². The van der Waals surface area contributed by atoms with E-state index >= 15 is 0 Å². The molecule has 0 spiro atoms. The molecule has 1 heterocycles. The lowest BCUT2D eigenvalue weighted by atomic mass is 9.95. The summed E-state index contributed by atoms with van der Waals surface area (Å²) in [6.45, 7) is 4.35. The summed E-state index contributed by atoms with van der Waals surface area (Å²) in [7, 11) is 0. The zero-order valence-electron chi connectivity index (χ0n) is 13.0. The lowest BCUT2D eigenvalue weighted by molar-refractivity contribution is -0.136. The summed E-state index contributed by atoms with van der Waals surface area (Å²) in [5.41, 5.74) is 0. The Hall–Kier alpha value is -1.10. The Labute approximate surface area is 127 Å². The first-order chi connectivity index (χ1) is 10.2. The first-order valence-corrected chi connectivity index (χ1v) is 8.33. The van der Waals surface area contributed by atoms with E-state index in [1.807, 2.05) is 4.90 Å². The van der Waals surface area contributed by atoms with Gasteiger partial charge in [0.2, 0.25) is 11.8 Å². The molecule has 0 bridgehead atoms. The van der Waals surface area contributed by atoms with Crippen molar-refractivity contribution in [3.63, 3.8) is 0 Å². The van der Waals surface area contributed by atoms with E-state index in [4.69, 9.17) is 5.11 Å². The fraction of sp³-hybridized carbons (Fsp3) is 0.875. The number of carbonyl (C=O) groups excluding carboxylic acids is 2. The van der Waals surface area contributed by atoms with E-state index < -0.39 is 0 Å². The number of rotatable bonds is 7. The average Bonchev–Trinajstić information content (AvgIpc) is 3.35. The molecular formula is C16H28N2O3. The molecule has 120 valence electrons. The second kappa shape index (κ2) is 7.78. The molecular weight excluding hydrogens is 268 g/mol. The van der Waals surface area contributed by atoms with E-state index in [0.717, 1.165) is 51.6 Å². The third-order valence-electron chi connectivity index (χ3n) is 4.78. The molecule has 21 heavy (non-hydrogen) atoms. The first-order valence-electron chi connectivity index (χ1n) is 8.33. The zero-order chi connectivity index (χ0) is 15.2. The number of carbonyl (C=O) groups is 2. The summed E-state index contributed by atoms with van der Waals surface area (Å²) in [5, 5.41) is 12.0. The van der Waals surface area contributed by atoms with Gasteiger partial charge in [0, 0.05) is 38.1 Å². The molecule has 2 rings (SSSR count). The van der Waals surface area contributed by atoms with Gasteiger partial charge in [-0.3, -0.25) is 9.59 Å². The maximum Gasteiger partial charge on any atom is 0.225 e. The second-order valence-electron chi connectivity index (χ2n) is 6.41. The first kappa shape index (κ1) is 16.3. The summed E-state index contributed by atoms with van der Waals surface area (Å²) < 4.78 is 0. The van der Waals surface area contributed by atoms with Crippen LogP contribution in [0.4, 0.5) is 0 Å². The maximum atomic E-state index is 12.2. The minimum atomic E-state index is 0.0416. The van der Waals surface area contributed by atoms with E-state index in [9.17, 15) is 9.59 Å². The monoisotopic (exact) mass is 296 g/mol. The summed E-state index contributed by atoms with van der Waals surface area (Å²) in [6.07, 6.45) is 5.35. The number of aliphatic hydroxyl groups is 1. The van der Waals surface area contributed by atoms with Crippen molar-refractivity contribution < 1.29 is 14.7 Å². The molecule has 1 aliphatic carbocycles. The molecule has 2 N–H and O–H groups in total. The number of aliphatic hydroxyl groups excluding tert-OH is 1. The number of hydrogen-bond acceptors (Lipinski definition) is 3. The third kappa shape index (κ3) is 4.70. The van der Waals surface area contributed by atoms with Crippen molar-refractivity contribution >= 4 is 11.8 Å². The fourth-order valence-corrected chi connectivity index (χ4v) is 2.97. The third-order valence-corrected chi connectivity index (χ3v) is 4.78. The SMILES string of the molecule is CCC(CCO)CNC(=O)C1CCN(C(=O)C2CC2)CC1. The van der Waals surface area contributed by atoms with Gasteiger partial charge in [0.15, 0.2) is 0 Å². The molecule has 2 aliphatic rings. The van der Waals surface area contributed by atoms with Crippen molar-refractivity contribution in [2.24, 2.45) is 17.8 Å². The molecule has 0 radical (unpaired) electrons. The Bertz CT molecular complexity index is 361. The van der Waals surface area contributed by atoms with Gasteiger partial charge in [-0.1, -0.05) is 13.3 Å². The molecule has 1 aliphatic heterocycles. The van der Waals surface area contributed by atoms with E-state index in [1.165, 1.54) is 0 Å². The molecule has 1 saturated carbocycles. The lowest BCUT2D eigenvalue weighted by Crippen LogP contribution is -2.44. The van der Waals surface area contributed by atoms with Gasteiger partial charge in [0.1, 0.15) is 0 Å². The molecule has 2 amide bonds. The topological polar surface area (TPSA) is 69.6 Å². The number of nitrogens with zero attached hydrogens (tertiary/aromatic N) is 1. The van der Waals surface area contributed by atoms with Crippen LogP contribution in [0.3, 0.4) is 0 Å². The normalized spacial score (nSPS) is 21.1. The molecule has 0 aromatic heterocycles. The minimum absolute atomic E-state index is 0.0416. The van der Waals surface area contributed by atoms with Crippen LogP contribution in [-0.4, -0.2) is 48.1 Å². The van der Waals surface area contributed by atoms with Crippen LogP contribution in [-0.2, 0) is 9.59 Å². The highest BCUT2D eigenvalue weighted by molar-refractivity contribution is 5.82. The van der Waals surface area contributed by atoms with Gasteiger partial charge >= 0.3 is 0 Å². The predicted molar refractivity (Wildman–Crippen MR) is 80.5 cm³/mol. The Morgan fingerprint density at radius 3 is 2.38 bits per heavy atom. The van der Waals surface area contributed by atoms with Crippen molar-refractivity contribution in [2.75, 3.05) is 26.2 Å². The van der Waals surface area contributed by atoms with E-state index in [2.05, 4.69) is 12.2 Å². The number of hydrogen-bond donors (Lipinski definition) is 2. The highest BCUT2D eigenvalue weighted by Crippen LogP contribution is 2.32. The summed E-state index contributed by atoms with van der Waals surface area (Å²) in [6, 6.07) is 0. The van der Waals surface area contributed by atoms with Gasteiger partial charge in [0.05, 0.1) is 0 Å². The molecule has 0 aromatic carbocycles. The average molecular weight is 296 g/mol. The standard InChI is InChI=1S/C16H28N2O3/c1-2-12(7-10-19)11-17-15(20)13-5-8-18(9-6-13)16(21)14-3-4-14/h12-14,19H,2-11H2,1H3,(H,17,20). The second-order valence-corrected chi connectivity index (χ2v) is 6.41. The Morgan fingerprint density at radius 1 is 1.19 bits per heavy atom. The van der Waals surface area contributed by atoms with Crippen molar-refractivity contribution in [1.29, 1.82) is 0 Å². The summed E-state index contributed by atoms with van der Waals surface area (Å²) in [5.74, 6) is 1.09. The predicted octanol–water partition coefficient (Wildman–Crippen LogP) is 1.16. The summed E-state index contributed by atoms with van der Waals surface area (Å²) >= 11 is 0. The highest BCUT2D eigenvalue weighted by Gasteiger charge is 2.35. The van der Waals surface area contributed by atoms with Crippen LogP contribution in [0.1, 0.15) is 45.4 Å². The quantitative estimate of drug-likeness (QED) is 0.740. The van der Waals surface area contributed by atoms with Gasteiger partial charge < -0.3 is 15.3 Å². The van der Waals surface area contributed by atoms with Crippen molar-refractivity contribution in [3.05, 3.63) is 0 Å². The van der Waals surface area contributed by atoms with Crippen LogP contribution in [0.15, 0.2) is 0 Å². The molecule has 0 aromatic rings. The zero-order valence-corrected chi connectivity index (χ0v) is 13.0. The Morgan fingerprint density at radius 2 is 1.86 bits per heavy atom. The van der Waals surface area contributed by atoms with Crippen LogP contribution < -0.4 is 5.32 Å². The van der Waals surface area contributed by atoms with Gasteiger partial charge in [-0.05, 0) is 38.0 Å². The minimum Gasteiger partial charge on any atom is -0.396 e. The highest BCUT2D eigenvalue weighted by atomic mass is 16.3. The molecule has 1 saturated heterocycles. The van der Waals surface area contributed by atoms with Crippen LogP contribution in [0.25, 0.3) is 0 Å². The van der Waals surface area contributed by atoms with Crippen LogP contribution in [0.5, 0.6) is 0 Å². The molecule has 5 nitrogen and oxygen atoms in total. The van der Waals surface area contributed by atoms with Crippen molar-refractivity contribution in [1.82, 2.24) is 10.2 Å². The van der Waals surface area contributed by atoms with Crippen molar-refractivity contribution in [3.8, 4) is 0 Å². The number of nitrogens with one attached hydrogen (secondary N) is 1. The van der Waals surface area contributed by atoms with Crippen molar-refractivity contribution in [2.45, 2.75) is 45.4 Å². The van der Waals surface area contributed by atoms with Crippen LogP contribution in [0, 0.1) is 17.8 Å². The Balaban J connectivity index is 1.68.